The molecule has 1 unspecified atom stereocenters. The molecule has 1 aliphatic heterocycles. The van der Waals surface area contributed by atoms with Gasteiger partial charge < -0.3 is 19.1 Å². The zero-order valence-corrected chi connectivity index (χ0v) is 15.2. The number of aryl methyl sites for hydroxylation is 1. The van der Waals surface area contributed by atoms with Crippen LogP contribution >= 0.6 is 0 Å². The predicted molar refractivity (Wildman–Crippen MR) is 94.5 cm³/mol. The molecular formula is C19H26N4O3. The summed E-state index contributed by atoms with van der Waals surface area (Å²) in [7, 11) is 1.87. The van der Waals surface area contributed by atoms with Gasteiger partial charge in [0.15, 0.2) is 5.82 Å². The van der Waals surface area contributed by atoms with Crippen molar-refractivity contribution in [1.29, 1.82) is 0 Å². The van der Waals surface area contributed by atoms with Gasteiger partial charge in [-0.2, -0.15) is 4.98 Å². The number of ether oxygens (including phenoxy) is 1. The molecule has 0 radical (unpaired) electrons. The van der Waals surface area contributed by atoms with Crippen molar-refractivity contribution in [2.45, 2.75) is 63.0 Å². The molecule has 0 spiro atoms. The molecule has 1 saturated carbocycles. The van der Waals surface area contributed by atoms with Gasteiger partial charge in [-0.1, -0.05) is 30.8 Å². The first-order valence-corrected chi connectivity index (χ1v) is 9.57. The third-order valence-corrected chi connectivity index (χ3v) is 5.56. The molecule has 26 heavy (non-hydrogen) atoms. The van der Waals surface area contributed by atoms with Crippen LogP contribution in [0.5, 0.6) is 0 Å². The number of aromatic nitrogens is 3. The van der Waals surface area contributed by atoms with E-state index in [-0.39, 0.29) is 12.0 Å². The van der Waals surface area contributed by atoms with E-state index in [4.69, 9.17) is 9.26 Å². The molecule has 1 atom stereocenters. The molecule has 2 aromatic heterocycles. The molecule has 4 rings (SSSR count). The lowest BCUT2D eigenvalue weighted by Crippen LogP contribution is -2.47. The fraction of sp³-hybridized carbons (Fsp3) is 0.632. The van der Waals surface area contributed by atoms with E-state index >= 15 is 0 Å². The number of carbonyl (C=O) groups excluding carboxylic acids is 1. The van der Waals surface area contributed by atoms with Gasteiger partial charge in [0.25, 0.3) is 11.8 Å². The van der Waals surface area contributed by atoms with Crippen LogP contribution in [0.2, 0.25) is 0 Å². The molecule has 140 valence electrons. The summed E-state index contributed by atoms with van der Waals surface area (Å²) in [5.41, 5.74) is 0.0644. The largest absolute Gasteiger partial charge is 0.368 e. The van der Waals surface area contributed by atoms with Crippen molar-refractivity contribution < 1.29 is 14.1 Å². The minimum absolute atomic E-state index is 0.0946. The molecule has 2 aromatic rings. The Morgan fingerprint density at radius 2 is 2.08 bits per heavy atom. The Hall–Kier alpha value is -2.15. The summed E-state index contributed by atoms with van der Waals surface area (Å²) < 4.78 is 13.0. The topological polar surface area (TPSA) is 82.2 Å². The maximum atomic E-state index is 12.9. The predicted octanol–water partition coefficient (Wildman–Crippen LogP) is 3.24. The smallest absolute Gasteiger partial charge is 0.268 e. The average Bonchev–Trinajstić information content (AvgIpc) is 3.36. The standard InChI is InChI=1S/C19H26N4O3/c1-23-12-6-8-14(23)16(24)21-19(10-4-2-3-5-11-19)18-20-17(26-22-18)15-9-7-13-25-15/h6,8,12,15H,2-5,7,9-11,13H2,1H3,(H,21,24). The van der Waals surface area contributed by atoms with Crippen LogP contribution in [0.1, 0.15) is 79.7 Å². The quantitative estimate of drug-likeness (QED) is 0.849. The van der Waals surface area contributed by atoms with E-state index in [1.54, 1.807) is 0 Å². The molecule has 1 saturated heterocycles. The van der Waals surface area contributed by atoms with Crippen molar-refractivity contribution in [3.05, 3.63) is 35.7 Å². The summed E-state index contributed by atoms with van der Waals surface area (Å²) >= 11 is 0. The highest BCUT2D eigenvalue weighted by molar-refractivity contribution is 5.93. The molecular weight excluding hydrogens is 332 g/mol. The molecule has 0 bridgehead atoms. The zero-order chi connectivity index (χ0) is 18.0. The number of amides is 1. The van der Waals surface area contributed by atoms with Crippen molar-refractivity contribution in [3.8, 4) is 0 Å². The first-order chi connectivity index (χ1) is 12.7. The van der Waals surface area contributed by atoms with Crippen molar-refractivity contribution in [1.82, 2.24) is 20.0 Å². The molecule has 7 heteroatoms. The third-order valence-electron chi connectivity index (χ3n) is 5.56. The van der Waals surface area contributed by atoms with Gasteiger partial charge in [0.2, 0.25) is 0 Å². The molecule has 2 fully saturated rings. The van der Waals surface area contributed by atoms with E-state index in [2.05, 4.69) is 15.5 Å². The Morgan fingerprint density at radius 3 is 2.73 bits per heavy atom. The first-order valence-electron chi connectivity index (χ1n) is 9.57. The van der Waals surface area contributed by atoms with Gasteiger partial charge in [-0.05, 0) is 37.8 Å². The van der Waals surface area contributed by atoms with Crippen LogP contribution in [-0.2, 0) is 17.3 Å². The van der Waals surface area contributed by atoms with Crippen LogP contribution in [0, 0.1) is 0 Å². The van der Waals surface area contributed by atoms with Gasteiger partial charge in [0.05, 0.1) is 0 Å². The summed E-state index contributed by atoms with van der Waals surface area (Å²) in [5, 5.41) is 7.52. The summed E-state index contributed by atoms with van der Waals surface area (Å²) in [6, 6.07) is 3.70. The van der Waals surface area contributed by atoms with Gasteiger partial charge >= 0.3 is 0 Å². The number of hydrogen-bond acceptors (Lipinski definition) is 5. The monoisotopic (exact) mass is 358 g/mol. The molecule has 1 N–H and O–H groups in total. The summed E-state index contributed by atoms with van der Waals surface area (Å²) in [4.78, 5) is 17.6. The van der Waals surface area contributed by atoms with Crippen LogP contribution in [0.25, 0.3) is 0 Å². The lowest BCUT2D eigenvalue weighted by molar-refractivity contribution is 0.0833. The van der Waals surface area contributed by atoms with Gasteiger partial charge in [-0.25, -0.2) is 0 Å². The minimum atomic E-state index is -0.571. The summed E-state index contributed by atoms with van der Waals surface area (Å²) in [6.07, 6.45) is 9.75. The Morgan fingerprint density at radius 1 is 1.27 bits per heavy atom. The average molecular weight is 358 g/mol. The number of nitrogens with zero attached hydrogens (tertiary/aromatic N) is 3. The van der Waals surface area contributed by atoms with Gasteiger partial charge in [0.1, 0.15) is 17.3 Å². The molecule has 1 aliphatic carbocycles. The molecule has 0 aromatic carbocycles. The Bertz CT molecular complexity index is 752. The van der Waals surface area contributed by atoms with Gasteiger partial charge in [-0.3, -0.25) is 4.79 Å². The van der Waals surface area contributed by atoms with Crippen LogP contribution in [0.15, 0.2) is 22.9 Å². The fourth-order valence-electron chi connectivity index (χ4n) is 4.05. The van der Waals surface area contributed by atoms with Gasteiger partial charge in [-0.15, -0.1) is 0 Å². The second-order valence-corrected chi connectivity index (χ2v) is 7.41. The Labute approximate surface area is 153 Å². The van der Waals surface area contributed by atoms with Crippen LogP contribution in [0.4, 0.5) is 0 Å². The maximum absolute atomic E-state index is 12.9. The number of hydrogen-bond donors (Lipinski definition) is 1. The summed E-state index contributed by atoms with van der Waals surface area (Å²) in [6.45, 7) is 0.734. The van der Waals surface area contributed by atoms with E-state index in [0.717, 1.165) is 58.0 Å². The van der Waals surface area contributed by atoms with E-state index < -0.39 is 5.54 Å². The lowest BCUT2D eigenvalue weighted by Gasteiger charge is -2.30. The summed E-state index contributed by atoms with van der Waals surface area (Å²) in [5.74, 6) is 1.03. The third kappa shape index (κ3) is 3.28. The van der Waals surface area contributed by atoms with Crippen LogP contribution in [-0.4, -0.2) is 27.2 Å². The van der Waals surface area contributed by atoms with E-state index in [1.807, 2.05) is 29.9 Å². The highest BCUT2D eigenvalue weighted by Crippen LogP contribution is 2.36. The second-order valence-electron chi connectivity index (χ2n) is 7.41. The first kappa shape index (κ1) is 17.3. The molecule has 3 heterocycles. The number of carbonyl (C=O) groups is 1. The highest BCUT2D eigenvalue weighted by atomic mass is 16.5. The normalized spacial score (nSPS) is 22.9. The van der Waals surface area contributed by atoms with Crippen LogP contribution < -0.4 is 5.32 Å². The lowest BCUT2D eigenvalue weighted by atomic mass is 9.89. The highest BCUT2D eigenvalue weighted by Gasteiger charge is 2.40. The second kappa shape index (κ2) is 7.23. The minimum Gasteiger partial charge on any atom is -0.368 e. The van der Waals surface area contributed by atoms with E-state index in [0.29, 0.717) is 17.4 Å². The van der Waals surface area contributed by atoms with Crippen molar-refractivity contribution >= 4 is 5.91 Å². The van der Waals surface area contributed by atoms with Crippen molar-refractivity contribution in [2.75, 3.05) is 6.61 Å². The maximum Gasteiger partial charge on any atom is 0.268 e. The van der Waals surface area contributed by atoms with E-state index in [1.165, 1.54) is 0 Å². The zero-order valence-electron chi connectivity index (χ0n) is 15.2. The fourth-order valence-corrected chi connectivity index (χ4v) is 4.05. The Kier molecular flexibility index (Phi) is 4.80. The van der Waals surface area contributed by atoms with Crippen molar-refractivity contribution in [2.24, 2.45) is 7.05 Å². The molecule has 1 amide bonds. The SMILES string of the molecule is Cn1cccc1C(=O)NC1(c2noc(C3CCCO3)n2)CCCCCC1. The number of nitrogens with one attached hydrogen (secondary N) is 1. The van der Waals surface area contributed by atoms with Crippen LogP contribution in [0.3, 0.4) is 0 Å². The van der Waals surface area contributed by atoms with E-state index in [9.17, 15) is 4.79 Å². The van der Waals surface area contributed by atoms with Gasteiger partial charge in [0, 0.05) is 19.9 Å². The molecule has 7 nitrogen and oxygen atoms in total. The van der Waals surface area contributed by atoms with Crippen molar-refractivity contribution in [3.63, 3.8) is 0 Å². The molecule has 2 aliphatic rings. The number of rotatable bonds is 4. The Balaban J connectivity index is 1.63.